The molecule has 0 aromatic heterocycles. The number of nitrogen functional groups attached to an aromatic ring is 2. The first-order valence-corrected chi connectivity index (χ1v) is 5.45. The Morgan fingerprint density at radius 3 is 2.61 bits per heavy atom. The fourth-order valence-electron chi connectivity index (χ4n) is 1.67. The van der Waals surface area contributed by atoms with Gasteiger partial charge in [0, 0.05) is 11.0 Å². The summed E-state index contributed by atoms with van der Waals surface area (Å²) in [6, 6.07) is 9.22. The molecule has 0 heterocycles. The molecule has 0 saturated heterocycles. The summed E-state index contributed by atoms with van der Waals surface area (Å²) in [6.45, 7) is 5.08. The number of ether oxygens (including phenoxy) is 1. The Morgan fingerprint density at radius 2 is 1.94 bits per heavy atom. The van der Waals surface area contributed by atoms with E-state index in [-0.39, 0.29) is 5.75 Å². The van der Waals surface area contributed by atoms with Gasteiger partial charge in [0.2, 0.25) is 0 Å². The number of benzene rings is 2. The second-order valence-corrected chi connectivity index (χ2v) is 4.10. The van der Waals surface area contributed by atoms with Gasteiger partial charge in [-0.25, -0.2) is 4.79 Å². The van der Waals surface area contributed by atoms with Crippen molar-refractivity contribution >= 4 is 28.1 Å². The Morgan fingerprint density at radius 1 is 1.28 bits per heavy atom. The number of carbonyl (C=O) groups is 1. The lowest BCUT2D eigenvalue weighted by molar-refractivity contribution is -0.129. The molecular formula is C14H14N2O2. The summed E-state index contributed by atoms with van der Waals surface area (Å²) in [6.07, 6.45) is 0. The highest BCUT2D eigenvalue weighted by Gasteiger charge is 2.14. The summed E-state index contributed by atoms with van der Waals surface area (Å²) in [4.78, 5) is 11.5. The summed E-state index contributed by atoms with van der Waals surface area (Å²) < 4.78 is 5.16. The van der Waals surface area contributed by atoms with Gasteiger partial charge in [0.15, 0.2) is 5.75 Å². The maximum atomic E-state index is 11.5. The second kappa shape index (κ2) is 4.41. The molecule has 0 atom stereocenters. The van der Waals surface area contributed by atoms with Gasteiger partial charge < -0.3 is 16.2 Å². The number of hydrogen-bond donors (Lipinski definition) is 2. The molecule has 0 bridgehead atoms. The summed E-state index contributed by atoms with van der Waals surface area (Å²) in [5.74, 6) is -0.342. The lowest BCUT2D eigenvalue weighted by Gasteiger charge is -2.12. The first-order chi connectivity index (χ1) is 8.50. The van der Waals surface area contributed by atoms with E-state index in [0.29, 0.717) is 16.9 Å². The fraction of sp³-hybridized carbons (Fsp3) is 0.0714. The van der Waals surface area contributed by atoms with Crippen LogP contribution in [0.2, 0.25) is 0 Å². The van der Waals surface area contributed by atoms with Crippen LogP contribution in [0.15, 0.2) is 42.5 Å². The van der Waals surface area contributed by atoms with Crippen molar-refractivity contribution in [2.45, 2.75) is 6.92 Å². The van der Waals surface area contributed by atoms with Gasteiger partial charge in [-0.15, -0.1) is 0 Å². The van der Waals surface area contributed by atoms with Crippen molar-refractivity contribution < 1.29 is 9.53 Å². The Kier molecular flexibility index (Phi) is 2.93. The molecule has 2 rings (SSSR count). The highest BCUT2D eigenvalue weighted by molar-refractivity contribution is 6.01. The smallest absolute Gasteiger partial charge is 0.338 e. The van der Waals surface area contributed by atoms with Crippen LogP contribution >= 0.6 is 0 Å². The van der Waals surface area contributed by atoms with Crippen LogP contribution in [-0.4, -0.2) is 5.97 Å². The van der Waals surface area contributed by atoms with E-state index in [1.54, 1.807) is 13.0 Å². The minimum Gasteiger partial charge on any atom is -0.419 e. The molecule has 2 aromatic rings. The van der Waals surface area contributed by atoms with E-state index in [4.69, 9.17) is 16.2 Å². The SMILES string of the molecule is C=C(C)C(=O)Oc1c(N)cc2ccccc2c1N. The van der Waals surface area contributed by atoms with Crippen molar-refractivity contribution in [3.05, 3.63) is 42.5 Å². The van der Waals surface area contributed by atoms with E-state index in [1.807, 2.05) is 24.3 Å². The number of nitrogens with two attached hydrogens (primary N) is 2. The average molecular weight is 242 g/mol. The quantitative estimate of drug-likeness (QED) is 0.367. The van der Waals surface area contributed by atoms with Crippen LogP contribution in [0.25, 0.3) is 10.8 Å². The van der Waals surface area contributed by atoms with Gasteiger partial charge in [-0.3, -0.25) is 0 Å². The van der Waals surface area contributed by atoms with Gasteiger partial charge in [0.05, 0.1) is 11.4 Å². The molecule has 0 saturated carbocycles. The van der Waals surface area contributed by atoms with E-state index in [0.717, 1.165) is 10.8 Å². The maximum absolute atomic E-state index is 11.5. The summed E-state index contributed by atoms with van der Waals surface area (Å²) >= 11 is 0. The van der Waals surface area contributed by atoms with E-state index in [1.165, 1.54) is 0 Å². The summed E-state index contributed by atoms with van der Waals surface area (Å²) in [5.41, 5.74) is 12.8. The van der Waals surface area contributed by atoms with Crippen molar-refractivity contribution in [3.8, 4) is 5.75 Å². The molecule has 4 N–H and O–H groups in total. The van der Waals surface area contributed by atoms with E-state index < -0.39 is 5.97 Å². The molecule has 4 heteroatoms. The fourth-order valence-corrected chi connectivity index (χ4v) is 1.67. The van der Waals surface area contributed by atoms with E-state index in [2.05, 4.69) is 6.58 Å². The van der Waals surface area contributed by atoms with Crippen LogP contribution in [0.5, 0.6) is 5.75 Å². The van der Waals surface area contributed by atoms with Crippen LogP contribution in [0.1, 0.15) is 6.92 Å². The third kappa shape index (κ3) is 2.00. The largest absolute Gasteiger partial charge is 0.419 e. The maximum Gasteiger partial charge on any atom is 0.338 e. The van der Waals surface area contributed by atoms with E-state index >= 15 is 0 Å². The highest BCUT2D eigenvalue weighted by atomic mass is 16.5. The van der Waals surface area contributed by atoms with Gasteiger partial charge in [0.1, 0.15) is 0 Å². The molecule has 0 unspecified atom stereocenters. The zero-order chi connectivity index (χ0) is 13.3. The zero-order valence-corrected chi connectivity index (χ0v) is 10.1. The van der Waals surface area contributed by atoms with E-state index in [9.17, 15) is 4.79 Å². The molecule has 0 aliphatic carbocycles. The molecule has 92 valence electrons. The molecule has 2 aromatic carbocycles. The first-order valence-electron chi connectivity index (χ1n) is 5.45. The number of anilines is 2. The zero-order valence-electron chi connectivity index (χ0n) is 10.1. The highest BCUT2D eigenvalue weighted by Crippen LogP contribution is 2.36. The molecule has 0 aliphatic heterocycles. The standard InChI is InChI=1S/C14H14N2O2/c1-8(2)14(17)18-13-11(15)7-9-5-3-4-6-10(9)12(13)16/h3-7H,1,15-16H2,2H3. The third-order valence-corrected chi connectivity index (χ3v) is 2.61. The minimum atomic E-state index is -0.538. The Hall–Kier alpha value is -2.49. The van der Waals surface area contributed by atoms with Gasteiger partial charge in [-0.1, -0.05) is 30.8 Å². The van der Waals surface area contributed by atoms with Crippen LogP contribution in [0.3, 0.4) is 0 Å². The van der Waals surface area contributed by atoms with Crippen LogP contribution < -0.4 is 16.2 Å². The monoisotopic (exact) mass is 242 g/mol. The van der Waals surface area contributed by atoms with Crippen LogP contribution in [0, 0.1) is 0 Å². The first kappa shape index (κ1) is 12.0. The summed E-state index contributed by atoms with van der Waals surface area (Å²) in [5, 5.41) is 1.71. The predicted molar refractivity (Wildman–Crippen MR) is 73.2 cm³/mol. The summed E-state index contributed by atoms with van der Waals surface area (Å²) in [7, 11) is 0. The normalized spacial score (nSPS) is 10.3. The number of esters is 1. The van der Waals surface area contributed by atoms with Crippen LogP contribution in [-0.2, 0) is 4.79 Å². The lowest BCUT2D eigenvalue weighted by atomic mass is 10.1. The van der Waals surface area contributed by atoms with Crippen molar-refractivity contribution in [1.29, 1.82) is 0 Å². The van der Waals surface area contributed by atoms with Crippen molar-refractivity contribution in [1.82, 2.24) is 0 Å². The minimum absolute atomic E-state index is 0.196. The number of rotatable bonds is 2. The molecule has 0 aliphatic rings. The molecule has 0 amide bonds. The average Bonchev–Trinajstić information content (AvgIpc) is 2.34. The lowest BCUT2D eigenvalue weighted by Crippen LogP contribution is -2.11. The number of fused-ring (bicyclic) bond motifs is 1. The second-order valence-electron chi connectivity index (χ2n) is 4.10. The Labute approximate surface area is 105 Å². The predicted octanol–water partition coefficient (Wildman–Crippen LogP) is 2.49. The molecule has 0 radical (unpaired) electrons. The number of hydrogen-bond acceptors (Lipinski definition) is 4. The van der Waals surface area contributed by atoms with Gasteiger partial charge in [-0.2, -0.15) is 0 Å². The van der Waals surface area contributed by atoms with Crippen LogP contribution in [0.4, 0.5) is 11.4 Å². The molecule has 0 fully saturated rings. The van der Waals surface area contributed by atoms with Crippen molar-refractivity contribution in [3.63, 3.8) is 0 Å². The van der Waals surface area contributed by atoms with Gasteiger partial charge in [-0.05, 0) is 18.4 Å². The third-order valence-electron chi connectivity index (χ3n) is 2.61. The van der Waals surface area contributed by atoms with Gasteiger partial charge in [0.25, 0.3) is 0 Å². The molecule has 0 spiro atoms. The Bertz CT molecular complexity index is 648. The Balaban J connectivity index is 2.57. The van der Waals surface area contributed by atoms with Gasteiger partial charge >= 0.3 is 5.97 Å². The van der Waals surface area contributed by atoms with Crippen molar-refractivity contribution in [2.75, 3.05) is 11.5 Å². The molecular weight excluding hydrogens is 228 g/mol. The molecule has 18 heavy (non-hydrogen) atoms. The number of carbonyl (C=O) groups excluding carboxylic acids is 1. The molecule has 4 nitrogen and oxygen atoms in total. The topological polar surface area (TPSA) is 78.3 Å². The van der Waals surface area contributed by atoms with Crippen molar-refractivity contribution in [2.24, 2.45) is 0 Å².